The Morgan fingerprint density at radius 3 is 2.78 bits per heavy atom. The van der Waals surface area contributed by atoms with Crippen LogP contribution in [-0.2, 0) is 19.1 Å². The number of likely N-dealkylation sites (tertiary alicyclic amines) is 1. The van der Waals surface area contributed by atoms with Crippen molar-refractivity contribution in [3.63, 3.8) is 0 Å². The number of carbonyl (C=O) groups is 4. The fourth-order valence-electron chi connectivity index (χ4n) is 6.54. The smallest absolute Gasteiger partial charge is 0.252 e. The number of amides is 3. The van der Waals surface area contributed by atoms with Gasteiger partial charge in [0, 0.05) is 25.6 Å². The molecule has 3 aliphatic heterocycles. The standard InChI is InChI=1S/C27H32N4O5S/c1-27(2)15-13-31(26(35)18-7-5-11-36-18)21(20(15)27)24(34)29-17(12-14-9-10-28-23(14)33)22(32)25-30-16-6-3-4-8-19(16)37-25/h3-4,6,8,14-15,17-18,20-21H,5,7,9-13H2,1-2H3,(H,28,33)(H,29,34)/t14-,15-,17-,18-,20-,21-/m0/s1. The molecule has 4 fully saturated rings. The molecule has 3 saturated heterocycles. The highest BCUT2D eigenvalue weighted by molar-refractivity contribution is 7.20. The van der Waals surface area contributed by atoms with Crippen LogP contribution < -0.4 is 10.6 Å². The number of hydrogen-bond acceptors (Lipinski definition) is 7. The molecule has 0 spiro atoms. The fourth-order valence-corrected chi connectivity index (χ4v) is 7.50. The third-order valence-corrected chi connectivity index (χ3v) is 9.84. The molecule has 0 bridgehead atoms. The minimum atomic E-state index is -0.900. The maximum absolute atomic E-state index is 13.9. The maximum atomic E-state index is 13.9. The maximum Gasteiger partial charge on any atom is 0.252 e. The molecule has 0 radical (unpaired) electrons. The van der Waals surface area contributed by atoms with Gasteiger partial charge in [-0.15, -0.1) is 11.3 Å². The molecule has 6 rings (SSSR count). The molecule has 2 N–H and O–H groups in total. The summed E-state index contributed by atoms with van der Waals surface area (Å²) in [7, 11) is 0. The van der Waals surface area contributed by atoms with E-state index in [1.165, 1.54) is 11.3 Å². The number of ketones is 1. The van der Waals surface area contributed by atoms with Gasteiger partial charge in [-0.25, -0.2) is 4.98 Å². The molecule has 1 aromatic carbocycles. The van der Waals surface area contributed by atoms with Crippen LogP contribution in [0.15, 0.2) is 24.3 Å². The molecule has 10 heteroatoms. The van der Waals surface area contributed by atoms with Crippen LogP contribution in [0.4, 0.5) is 0 Å². The molecule has 0 unspecified atom stereocenters. The zero-order chi connectivity index (χ0) is 25.9. The second kappa shape index (κ2) is 9.16. The van der Waals surface area contributed by atoms with Crippen molar-refractivity contribution >= 4 is 45.1 Å². The Morgan fingerprint density at radius 1 is 1.27 bits per heavy atom. The van der Waals surface area contributed by atoms with Crippen molar-refractivity contribution in [3.05, 3.63) is 29.3 Å². The predicted octanol–water partition coefficient (Wildman–Crippen LogP) is 2.15. The van der Waals surface area contributed by atoms with E-state index < -0.39 is 18.2 Å². The largest absolute Gasteiger partial charge is 0.368 e. The van der Waals surface area contributed by atoms with Crippen LogP contribution in [0.25, 0.3) is 10.2 Å². The number of benzene rings is 1. The number of rotatable bonds is 7. The Balaban J connectivity index is 1.26. The summed E-state index contributed by atoms with van der Waals surface area (Å²) in [5.74, 6) is -0.945. The van der Waals surface area contributed by atoms with E-state index in [1.54, 1.807) is 4.90 Å². The van der Waals surface area contributed by atoms with Crippen LogP contribution >= 0.6 is 11.3 Å². The van der Waals surface area contributed by atoms with E-state index in [0.717, 1.165) is 16.6 Å². The number of ether oxygens (including phenoxy) is 1. The van der Waals surface area contributed by atoms with Crippen molar-refractivity contribution in [1.29, 1.82) is 0 Å². The van der Waals surface area contributed by atoms with Gasteiger partial charge in [0.15, 0.2) is 5.01 Å². The van der Waals surface area contributed by atoms with Gasteiger partial charge < -0.3 is 20.3 Å². The van der Waals surface area contributed by atoms with Gasteiger partial charge in [-0.3, -0.25) is 19.2 Å². The van der Waals surface area contributed by atoms with Crippen molar-refractivity contribution < 1.29 is 23.9 Å². The van der Waals surface area contributed by atoms with Gasteiger partial charge in [-0.1, -0.05) is 26.0 Å². The van der Waals surface area contributed by atoms with E-state index in [2.05, 4.69) is 29.5 Å². The summed E-state index contributed by atoms with van der Waals surface area (Å²) in [6.45, 7) is 5.90. The van der Waals surface area contributed by atoms with Crippen molar-refractivity contribution in [1.82, 2.24) is 20.5 Å². The summed E-state index contributed by atoms with van der Waals surface area (Å²) in [4.78, 5) is 59.4. The molecular formula is C27H32N4O5S. The molecule has 4 heterocycles. The SMILES string of the molecule is CC1(C)[C@@H]2[C@@H](C(=O)N[C@@H](C[C@@H]3CCNC3=O)C(=O)c3nc4ccccc4s3)N(C(=O)[C@@H]3CCCO3)C[C@@H]21. The molecule has 6 atom stereocenters. The number of para-hydroxylation sites is 1. The topological polar surface area (TPSA) is 118 Å². The normalized spacial score (nSPS) is 30.7. The number of nitrogens with zero attached hydrogens (tertiary/aromatic N) is 2. The zero-order valence-corrected chi connectivity index (χ0v) is 21.9. The van der Waals surface area contributed by atoms with Crippen LogP contribution in [0.1, 0.15) is 49.3 Å². The van der Waals surface area contributed by atoms with Gasteiger partial charge in [0.05, 0.1) is 16.3 Å². The molecule has 196 valence electrons. The van der Waals surface area contributed by atoms with Crippen molar-refractivity contribution in [2.75, 3.05) is 19.7 Å². The van der Waals surface area contributed by atoms with E-state index in [1.807, 2.05) is 24.3 Å². The zero-order valence-electron chi connectivity index (χ0n) is 21.1. The molecule has 4 aliphatic rings. The van der Waals surface area contributed by atoms with Gasteiger partial charge in [0.1, 0.15) is 12.1 Å². The summed E-state index contributed by atoms with van der Waals surface area (Å²) < 4.78 is 6.53. The number of piperidine rings is 1. The second-order valence-electron chi connectivity index (χ2n) is 11.3. The van der Waals surface area contributed by atoms with Crippen LogP contribution in [0.2, 0.25) is 0 Å². The summed E-state index contributed by atoms with van der Waals surface area (Å²) in [6.07, 6.45) is 1.82. The quantitative estimate of drug-likeness (QED) is 0.536. The minimum absolute atomic E-state index is 0.0332. The van der Waals surface area contributed by atoms with Gasteiger partial charge in [0.25, 0.3) is 5.91 Å². The summed E-state index contributed by atoms with van der Waals surface area (Å²) in [6, 6.07) is 5.96. The van der Waals surface area contributed by atoms with E-state index >= 15 is 0 Å². The lowest BCUT2D eigenvalue weighted by Gasteiger charge is -2.32. The lowest BCUT2D eigenvalue weighted by molar-refractivity contribution is -0.147. The third-order valence-electron chi connectivity index (χ3n) is 8.79. The van der Waals surface area contributed by atoms with Crippen LogP contribution in [0, 0.1) is 23.2 Å². The molecule has 1 aliphatic carbocycles. The molecule has 1 aromatic heterocycles. The number of thiazole rings is 1. The number of carbonyl (C=O) groups excluding carboxylic acids is 4. The first-order valence-corrected chi connectivity index (χ1v) is 14.0. The van der Waals surface area contributed by atoms with E-state index in [0.29, 0.717) is 37.5 Å². The molecule has 2 aromatic rings. The first kappa shape index (κ1) is 24.5. The summed E-state index contributed by atoms with van der Waals surface area (Å²) in [5.41, 5.74) is 0.680. The second-order valence-corrected chi connectivity index (χ2v) is 12.3. The predicted molar refractivity (Wildman–Crippen MR) is 137 cm³/mol. The Kier molecular flexibility index (Phi) is 6.06. The summed E-state index contributed by atoms with van der Waals surface area (Å²) in [5, 5.41) is 6.11. The van der Waals surface area contributed by atoms with Crippen molar-refractivity contribution in [2.45, 2.75) is 57.7 Å². The monoisotopic (exact) mass is 524 g/mol. The molecule has 1 saturated carbocycles. The fraction of sp³-hybridized carbons (Fsp3) is 0.593. The lowest BCUT2D eigenvalue weighted by atomic mass is 9.94. The van der Waals surface area contributed by atoms with Crippen LogP contribution in [0.5, 0.6) is 0 Å². The molecule has 37 heavy (non-hydrogen) atoms. The number of fused-ring (bicyclic) bond motifs is 2. The Morgan fingerprint density at radius 2 is 2.08 bits per heavy atom. The Hall–Kier alpha value is -2.85. The van der Waals surface area contributed by atoms with Crippen LogP contribution in [0.3, 0.4) is 0 Å². The van der Waals surface area contributed by atoms with Crippen molar-refractivity contribution in [3.8, 4) is 0 Å². The highest BCUT2D eigenvalue weighted by Crippen LogP contribution is 2.65. The van der Waals surface area contributed by atoms with E-state index in [4.69, 9.17) is 4.74 Å². The molecule has 3 amide bonds. The average Bonchev–Trinajstić information content (AvgIpc) is 3.55. The average molecular weight is 525 g/mol. The van der Waals surface area contributed by atoms with Crippen molar-refractivity contribution in [2.24, 2.45) is 23.2 Å². The molecule has 9 nitrogen and oxygen atoms in total. The first-order chi connectivity index (χ1) is 17.8. The lowest BCUT2D eigenvalue weighted by Crippen LogP contribution is -2.55. The Labute approximate surface area is 219 Å². The first-order valence-electron chi connectivity index (χ1n) is 13.2. The van der Waals surface area contributed by atoms with Gasteiger partial charge in [-0.2, -0.15) is 0 Å². The van der Waals surface area contributed by atoms with Crippen LogP contribution in [-0.4, -0.2) is 71.3 Å². The number of hydrogen-bond donors (Lipinski definition) is 2. The van der Waals surface area contributed by atoms with Gasteiger partial charge in [-0.05, 0) is 55.1 Å². The Bertz CT molecular complexity index is 1240. The number of aromatic nitrogens is 1. The molecular weight excluding hydrogens is 492 g/mol. The van der Waals surface area contributed by atoms with E-state index in [9.17, 15) is 19.2 Å². The van der Waals surface area contributed by atoms with E-state index in [-0.39, 0.29) is 53.1 Å². The summed E-state index contributed by atoms with van der Waals surface area (Å²) >= 11 is 1.29. The number of Topliss-reactive ketones (excluding diaryl/α,β-unsaturated/α-hetero) is 1. The highest BCUT2D eigenvalue weighted by Gasteiger charge is 2.69. The number of nitrogens with one attached hydrogen (secondary N) is 2. The minimum Gasteiger partial charge on any atom is -0.368 e. The third kappa shape index (κ3) is 4.24. The highest BCUT2D eigenvalue weighted by atomic mass is 32.1. The van der Waals surface area contributed by atoms with Gasteiger partial charge in [0.2, 0.25) is 17.6 Å². The van der Waals surface area contributed by atoms with Gasteiger partial charge >= 0.3 is 0 Å².